The van der Waals surface area contributed by atoms with Crippen molar-refractivity contribution in [3.05, 3.63) is 5.41 Å². The Kier molecular flexibility index (Phi) is 13.4. The molecule has 20 heavy (non-hydrogen) atoms. The molecule has 2 unspecified atom stereocenters. The quantitative estimate of drug-likeness (QED) is 0.434. The zero-order valence-corrected chi connectivity index (χ0v) is 13.2. The van der Waals surface area contributed by atoms with Gasteiger partial charge in [-0.05, 0) is 19.3 Å². The van der Waals surface area contributed by atoms with Crippen LogP contribution in [0.4, 0.5) is 0 Å². The van der Waals surface area contributed by atoms with Crippen LogP contribution in [0.3, 0.4) is 0 Å². The van der Waals surface area contributed by atoms with E-state index in [1.54, 1.807) is 4.90 Å². The number of piperidine rings is 1. The molecule has 4 heteroatoms. The lowest BCUT2D eigenvalue weighted by Gasteiger charge is -2.26. The summed E-state index contributed by atoms with van der Waals surface area (Å²) in [5, 5.41) is 14.9. The Morgan fingerprint density at radius 1 is 1.25 bits per heavy atom. The second kappa shape index (κ2) is 14.2. The number of rotatable bonds is 7. The Morgan fingerprint density at radius 3 is 2.50 bits per heavy atom. The third-order valence-electron chi connectivity index (χ3n) is 3.92. The van der Waals surface area contributed by atoms with Crippen molar-refractivity contribution in [2.45, 2.75) is 64.7 Å². The number of nitriles is 1. The molecule has 0 saturated carbocycles. The zero-order valence-electron chi connectivity index (χ0n) is 13.2. The van der Waals surface area contributed by atoms with Crippen LogP contribution in [-0.4, -0.2) is 26.1 Å². The number of hydrogen-bond acceptors (Lipinski definition) is 2. The predicted octanol–water partition coefficient (Wildman–Crippen LogP) is 2.87. The van der Waals surface area contributed by atoms with E-state index >= 15 is 0 Å². The second-order valence-corrected chi connectivity index (χ2v) is 5.79. The van der Waals surface area contributed by atoms with Crippen LogP contribution in [0.5, 0.6) is 0 Å². The van der Waals surface area contributed by atoms with Gasteiger partial charge in [-0.2, -0.15) is 5.26 Å². The first-order valence-corrected chi connectivity index (χ1v) is 8.03. The van der Waals surface area contributed by atoms with E-state index in [1.165, 1.54) is 83.1 Å². The molecule has 0 aliphatic carbocycles. The van der Waals surface area contributed by atoms with E-state index in [0.29, 0.717) is 0 Å². The van der Waals surface area contributed by atoms with E-state index in [0.717, 1.165) is 5.92 Å². The SMILES string of the molecule is CCCCCCCCC1CCC[NH+](C)C1.N#CN=C=[N-]. The number of nitrogens with one attached hydrogen (secondary N) is 1. The van der Waals surface area contributed by atoms with Crippen molar-refractivity contribution in [1.82, 2.24) is 0 Å². The summed E-state index contributed by atoms with van der Waals surface area (Å²) in [4.78, 5) is 4.34. The number of likely N-dealkylation sites (tertiary alicyclic amines) is 1. The Balaban J connectivity index is 0.000000621. The summed E-state index contributed by atoms with van der Waals surface area (Å²) < 4.78 is 0. The number of quaternary nitrogens is 1. The molecule has 0 spiro atoms. The molecule has 0 aromatic carbocycles. The minimum atomic E-state index is 1.05. The normalized spacial score (nSPS) is 21.1. The molecule has 1 rings (SSSR count). The summed E-state index contributed by atoms with van der Waals surface area (Å²) in [6, 6.07) is 1.28. The highest BCUT2D eigenvalue weighted by Gasteiger charge is 2.19. The fourth-order valence-electron chi connectivity index (χ4n) is 2.87. The Hall–Kier alpha value is -1.17. The summed E-state index contributed by atoms with van der Waals surface area (Å²) in [5.41, 5.74) is 0. The monoisotopic (exact) mass is 278 g/mol. The van der Waals surface area contributed by atoms with Crippen LogP contribution >= 0.6 is 0 Å². The number of unbranched alkanes of at least 4 members (excludes halogenated alkanes) is 5. The van der Waals surface area contributed by atoms with E-state index in [1.807, 2.05) is 0 Å². The average molecular weight is 278 g/mol. The molecular weight excluding hydrogens is 248 g/mol. The predicted molar refractivity (Wildman–Crippen MR) is 83.7 cm³/mol. The van der Waals surface area contributed by atoms with Gasteiger partial charge in [0.1, 0.15) is 0 Å². The first-order valence-electron chi connectivity index (χ1n) is 8.03. The van der Waals surface area contributed by atoms with E-state index in [-0.39, 0.29) is 0 Å². The van der Waals surface area contributed by atoms with Gasteiger partial charge in [-0.15, -0.1) is 6.01 Å². The van der Waals surface area contributed by atoms with E-state index in [4.69, 9.17) is 10.7 Å². The minimum Gasteiger partial charge on any atom is -0.422 e. The van der Waals surface area contributed by atoms with Gasteiger partial charge in [-0.25, -0.2) is 0 Å². The average Bonchev–Trinajstić information content (AvgIpc) is 2.44. The fraction of sp³-hybridized carbons (Fsp3) is 0.875. The van der Waals surface area contributed by atoms with Gasteiger partial charge in [0.2, 0.25) is 0 Å². The van der Waals surface area contributed by atoms with Crippen molar-refractivity contribution in [3.63, 3.8) is 0 Å². The molecule has 0 radical (unpaired) electrons. The largest absolute Gasteiger partial charge is 0.422 e. The molecule has 2 atom stereocenters. The van der Waals surface area contributed by atoms with Gasteiger partial charge in [0.25, 0.3) is 0 Å². The third-order valence-corrected chi connectivity index (χ3v) is 3.92. The van der Waals surface area contributed by atoms with Crippen LogP contribution < -0.4 is 4.90 Å². The first-order chi connectivity index (χ1) is 9.74. The van der Waals surface area contributed by atoms with Gasteiger partial charge in [-0.1, -0.05) is 45.4 Å². The number of hydrogen-bond donors (Lipinski definition) is 1. The van der Waals surface area contributed by atoms with Gasteiger partial charge < -0.3 is 15.3 Å². The topological polar surface area (TPSA) is 62.9 Å². The van der Waals surface area contributed by atoms with Crippen molar-refractivity contribution in [1.29, 1.82) is 5.26 Å². The standard InChI is InChI=1S/C14H29N.C2N3/c1-3-4-5-6-7-8-10-14-11-9-12-15(2)13-14;3-1-5-2-4/h14H,3-13H2,1-2H3;/q;-1/p+1. The Bertz CT molecular complexity index is 302. The lowest BCUT2D eigenvalue weighted by atomic mass is 9.92. The maximum Gasteiger partial charge on any atom is 0.0925 e. The van der Waals surface area contributed by atoms with Crippen LogP contribution in [0.15, 0.2) is 4.99 Å². The number of aliphatic imine (C=N–C) groups is 1. The molecule has 1 N–H and O–H groups in total. The van der Waals surface area contributed by atoms with Gasteiger partial charge in [-0.3, -0.25) is 0 Å². The number of nitrogens with zero attached hydrogens (tertiary/aromatic N) is 3. The molecule has 1 fully saturated rings. The van der Waals surface area contributed by atoms with Crippen molar-refractivity contribution in [2.24, 2.45) is 10.9 Å². The highest BCUT2D eigenvalue weighted by atomic mass is 15.1. The maximum atomic E-state index is 7.43. The van der Waals surface area contributed by atoms with Crippen LogP contribution in [0, 0.1) is 17.4 Å². The van der Waals surface area contributed by atoms with Gasteiger partial charge in [0, 0.05) is 5.92 Å². The second-order valence-electron chi connectivity index (χ2n) is 5.79. The highest BCUT2D eigenvalue weighted by Crippen LogP contribution is 2.16. The molecule has 114 valence electrons. The third kappa shape index (κ3) is 11.9. The van der Waals surface area contributed by atoms with Crippen molar-refractivity contribution >= 4 is 6.01 Å². The van der Waals surface area contributed by atoms with Gasteiger partial charge >= 0.3 is 0 Å². The summed E-state index contributed by atoms with van der Waals surface area (Å²) in [7, 11) is 2.35. The maximum absolute atomic E-state index is 7.43. The molecule has 1 aliphatic rings. The molecule has 0 aromatic rings. The van der Waals surface area contributed by atoms with E-state index < -0.39 is 0 Å². The zero-order chi connectivity index (χ0) is 15.1. The first kappa shape index (κ1) is 18.8. The molecular formula is C16H30N4. The van der Waals surface area contributed by atoms with Crippen molar-refractivity contribution in [3.8, 4) is 6.19 Å². The van der Waals surface area contributed by atoms with Crippen LogP contribution in [-0.2, 0) is 0 Å². The lowest BCUT2D eigenvalue weighted by Crippen LogP contribution is -3.10. The Labute approximate surface area is 124 Å². The smallest absolute Gasteiger partial charge is 0.0925 e. The summed E-state index contributed by atoms with van der Waals surface area (Å²) in [5.74, 6) is 1.05. The van der Waals surface area contributed by atoms with Crippen molar-refractivity contribution in [2.75, 3.05) is 20.1 Å². The molecule has 0 bridgehead atoms. The summed E-state index contributed by atoms with van der Waals surface area (Å²) in [6.45, 7) is 5.14. The van der Waals surface area contributed by atoms with E-state index in [9.17, 15) is 0 Å². The van der Waals surface area contributed by atoms with Crippen LogP contribution in [0.25, 0.3) is 5.41 Å². The van der Waals surface area contributed by atoms with Crippen molar-refractivity contribution < 1.29 is 4.90 Å². The molecule has 1 heterocycles. The van der Waals surface area contributed by atoms with Gasteiger partial charge in [0.15, 0.2) is 0 Å². The summed E-state index contributed by atoms with van der Waals surface area (Å²) >= 11 is 0. The highest BCUT2D eigenvalue weighted by molar-refractivity contribution is 5.46. The molecule has 1 saturated heterocycles. The molecule has 0 aromatic heterocycles. The lowest BCUT2D eigenvalue weighted by molar-refractivity contribution is -0.888. The van der Waals surface area contributed by atoms with E-state index in [2.05, 4.69) is 19.0 Å². The molecule has 1 aliphatic heterocycles. The van der Waals surface area contributed by atoms with Crippen LogP contribution in [0.2, 0.25) is 0 Å². The van der Waals surface area contributed by atoms with Crippen LogP contribution in [0.1, 0.15) is 64.7 Å². The minimum absolute atomic E-state index is 1.05. The fourth-order valence-corrected chi connectivity index (χ4v) is 2.87. The van der Waals surface area contributed by atoms with Gasteiger partial charge in [0.05, 0.1) is 26.3 Å². The summed E-state index contributed by atoms with van der Waals surface area (Å²) in [6.07, 6.45) is 14.5. The Morgan fingerprint density at radius 2 is 1.95 bits per heavy atom. The molecule has 4 nitrogen and oxygen atoms in total. The molecule has 0 amide bonds.